The minimum Gasteiger partial charge on any atom is -0.477 e. The number of aromatic nitrogens is 4. The average Bonchev–Trinajstić information content (AvgIpc) is 3.05. The zero-order valence-electron chi connectivity index (χ0n) is 14.2. The van der Waals surface area contributed by atoms with Crippen LogP contribution in [0.1, 0.15) is 5.56 Å². The number of nitrogens with one attached hydrogen (secondary N) is 3. The van der Waals surface area contributed by atoms with Crippen molar-refractivity contribution in [3.8, 4) is 0 Å². The van der Waals surface area contributed by atoms with Crippen LogP contribution < -0.4 is 16.7 Å². The molecule has 0 fully saturated rings. The van der Waals surface area contributed by atoms with Crippen LogP contribution in [0.4, 0.5) is 0 Å². The summed E-state index contributed by atoms with van der Waals surface area (Å²) in [7, 11) is 1.52. The third kappa shape index (κ3) is 2.99. The molecule has 0 unspecified atom stereocenters. The predicted molar refractivity (Wildman–Crippen MR) is 97.5 cm³/mol. The van der Waals surface area contributed by atoms with E-state index in [0.717, 1.165) is 5.56 Å². The maximum absolute atomic E-state index is 12.4. The molecule has 0 bridgehead atoms. The number of aryl methyl sites for hydroxylation is 1. The van der Waals surface area contributed by atoms with E-state index < -0.39 is 11.2 Å². The Morgan fingerprint density at radius 1 is 1.30 bits per heavy atom. The van der Waals surface area contributed by atoms with E-state index in [1.165, 1.54) is 16.3 Å². The Morgan fingerprint density at radius 3 is 2.78 bits per heavy atom. The van der Waals surface area contributed by atoms with Crippen LogP contribution in [0.5, 0.6) is 0 Å². The van der Waals surface area contributed by atoms with E-state index in [0.29, 0.717) is 16.4 Å². The summed E-state index contributed by atoms with van der Waals surface area (Å²) in [6, 6.07) is 7.12. The fourth-order valence-corrected chi connectivity index (χ4v) is 2.95. The molecule has 0 spiro atoms. The summed E-state index contributed by atoms with van der Waals surface area (Å²) in [6.07, 6.45) is 1.54. The first-order valence-electron chi connectivity index (χ1n) is 7.96. The molecule has 1 aliphatic rings. The van der Waals surface area contributed by atoms with Gasteiger partial charge in [0.05, 0.1) is 0 Å². The number of benzene rings is 1. The number of rotatable bonds is 4. The van der Waals surface area contributed by atoms with Crippen molar-refractivity contribution in [3.05, 3.63) is 62.0 Å². The molecule has 3 N–H and O–H groups in total. The molecule has 0 radical (unpaired) electrons. The number of ether oxygens (including phenoxy) is 1. The van der Waals surface area contributed by atoms with Gasteiger partial charge in [0.2, 0.25) is 0 Å². The highest BCUT2D eigenvalue weighted by Crippen LogP contribution is 2.23. The lowest BCUT2D eigenvalue weighted by Crippen LogP contribution is -2.43. The van der Waals surface area contributed by atoms with Crippen LogP contribution >= 0.6 is 11.6 Å². The summed E-state index contributed by atoms with van der Waals surface area (Å²) in [4.78, 5) is 38.0. The number of nitrogens with zero attached hydrogens (tertiary/aromatic N) is 3. The van der Waals surface area contributed by atoms with E-state index in [4.69, 9.17) is 16.3 Å². The Kier molecular flexibility index (Phi) is 4.04. The van der Waals surface area contributed by atoms with Gasteiger partial charge in [0.15, 0.2) is 17.9 Å². The summed E-state index contributed by atoms with van der Waals surface area (Å²) in [5.41, 5.74) is 3.75. The second-order valence-corrected chi connectivity index (χ2v) is 6.42. The maximum Gasteiger partial charge on any atom is 0.329 e. The number of amides is 1. The SMILES string of the molecule is Cn1c(=O)[nH]c(=O)c2c1[nH]n2CC(=O)NN1COC=C1c1ccc(Cl)cc1. The van der Waals surface area contributed by atoms with Crippen molar-refractivity contribution in [2.75, 3.05) is 6.73 Å². The lowest BCUT2D eigenvalue weighted by Gasteiger charge is -2.22. The molecule has 0 saturated heterocycles. The maximum atomic E-state index is 12.4. The van der Waals surface area contributed by atoms with Crippen LogP contribution in [0.15, 0.2) is 40.1 Å². The predicted octanol–water partition coefficient (Wildman–Crippen LogP) is 0.329. The van der Waals surface area contributed by atoms with E-state index in [2.05, 4.69) is 15.5 Å². The average molecular weight is 391 g/mol. The van der Waals surface area contributed by atoms with E-state index in [9.17, 15) is 14.4 Å². The lowest BCUT2D eigenvalue weighted by molar-refractivity contribution is -0.126. The lowest BCUT2D eigenvalue weighted by atomic mass is 10.2. The zero-order valence-corrected chi connectivity index (χ0v) is 14.9. The standard InChI is InChI=1S/C16H15ClN6O4/c1-21-14-13(15(25)18-16(21)26)22(20-14)6-12(24)19-23-8-27-7-11(23)9-2-4-10(17)5-3-9/h2-5,7,20H,6,8H2,1H3,(H,19,24)(H,18,25,26). The van der Waals surface area contributed by atoms with Gasteiger partial charge < -0.3 is 4.74 Å². The molecule has 1 aliphatic heterocycles. The van der Waals surface area contributed by atoms with Gasteiger partial charge >= 0.3 is 5.69 Å². The molecular formula is C16H15ClN6O4. The zero-order chi connectivity index (χ0) is 19.1. The number of aromatic amines is 2. The molecule has 11 heteroatoms. The van der Waals surface area contributed by atoms with E-state index >= 15 is 0 Å². The molecule has 4 rings (SSSR count). The molecule has 1 amide bonds. The summed E-state index contributed by atoms with van der Waals surface area (Å²) in [5, 5.41) is 4.97. The van der Waals surface area contributed by atoms with Crippen LogP contribution in [0.2, 0.25) is 5.02 Å². The largest absolute Gasteiger partial charge is 0.477 e. The molecule has 140 valence electrons. The highest BCUT2D eigenvalue weighted by molar-refractivity contribution is 6.30. The number of H-pyrrole nitrogens is 2. The molecule has 2 aromatic heterocycles. The van der Waals surface area contributed by atoms with Crippen molar-refractivity contribution in [1.82, 2.24) is 29.8 Å². The Hall–Kier alpha value is -3.40. The van der Waals surface area contributed by atoms with E-state index in [1.807, 2.05) is 12.1 Å². The van der Waals surface area contributed by atoms with Gasteiger partial charge in [-0.25, -0.2) is 9.80 Å². The second kappa shape index (κ2) is 6.40. The third-order valence-electron chi connectivity index (χ3n) is 4.20. The molecule has 1 aromatic carbocycles. The summed E-state index contributed by atoms with van der Waals surface area (Å²) in [5.74, 6) is -0.369. The normalized spacial score (nSPS) is 13.7. The first kappa shape index (κ1) is 17.0. The Balaban J connectivity index is 1.49. The van der Waals surface area contributed by atoms with Gasteiger partial charge in [0, 0.05) is 17.6 Å². The van der Waals surface area contributed by atoms with Gasteiger partial charge in [-0.3, -0.25) is 34.3 Å². The molecule has 10 nitrogen and oxygen atoms in total. The highest BCUT2D eigenvalue weighted by atomic mass is 35.5. The highest BCUT2D eigenvalue weighted by Gasteiger charge is 2.22. The number of hydrogen-bond acceptors (Lipinski definition) is 5. The monoisotopic (exact) mass is 390 g/mol. The molecular weight excluding hydrogens is 376 g/mol. The quantitative estimate of drug-likeness (QED) is 0.593. The molecule has 0 atom stereocenters. The van der Waals surface area contributed by atoms with Gasteiger partial charge in [-0.1, -0.05) is 23.7 Å². The number of carbonyl (C=O) groups is 1. The number of carbonyl (C=O) groups excluding carboxylic acids is 1. The van der Waals surface area contributed by atoms with E-state index in [-0.39, 0.29) is 24.7 Å². The summed E-state index contributed by atoms with van der Waals surface area (Å²) >= 11 is 5.90. The van der Waals surface area contributed by atoms with Gasteiger partial charge in [0.25, 0.3) is 11.5 Å². The summed E-state index contributed by atoms with van der Waals surface area (Å²) < 4.78 is 7.93. The van der Waals surface area contributed by atoms with Crippen molar-refractivity contribution < 1.29 is 9.53 Å². The fraction of sp³-hybridized carbons (Fsp3) is 0.188. The number of fused-ring (bicyclic) bond motifs is 1. The number of hydrazine groups is 1. The van der Waals surface area contributed by atoms with Crippen molar-refractivity contribution in [2.45, 2.75) is 6.54 Å². The van der Waals surface area contributed by atoms with Crippen molar-refractivity contribution in [3.63, 3.8) is 0 Å². The fourth-order valence-electron chi connectivity index (χ4n) is 2.83. The van der Waals surface area contributed by atoms with Crippen LogP contribution in [0.3, 0.4) is 0 Å². The Bertz CT molecular complexity index is 1170. The van der Waals surface area contributed by atoms with Crippen molar-refractivity contribution in [1.29, 1.82) is 0 Å². The van der Waals surface area contributed by atoms with E-state index in [1.54, 1.807) is 23.4 Å². The van der Waals surface area contributed by atoms with Gasteiger partial charge in [-0.2, -0.15) is 0 Å². The first-order valence-corrected chi connectivity index (χ1v) is 8.34. The molecule has 0 aliphatic carbocycles. The van der Waals surface area contributed by atoms with Gasteiger partial charge in [0.1, 0.15) is 18.5 Å². The molecule has 3 heterocycles. The second-order valence-electron chi connectivity index (χ2n) is 5.98. The minimum absolute atomic E-state index is 0.126. The molecule has 0 saturated carbocycles. The third-order valence-corrected chi connectivity index (χ3v) is 4.45. The number of halogens is 1. The van der Waals surface area contributed by atoms with Crippen LogP contribution in [-0.4, -0.2) is 37.0 Å². The van der Waals surface area contributed by atoms with Crippen LogP contribution in [-0.2, 0) is 23.1 Å². The van der Waals surface area contributed by atoms with Gasteiger partial charge in [-0.15, -0.1) is 0 Å². The Labute approximate surface area is 156 Å². The minimum atomic E-state index is -0.550. The van der Waals surface area contributed by atoms with Gasteiger partial charge in [-0.05, 0) is 12.1 Å². The topological polar surface area (TPSA) is 117 Å². The number of hydrogen-bond donors (Lipinski definition) is 3. The Morgan fingerprint density at radius 2 is 2.04 bits per heavy atom. The van der Waals surface area contributed by atoms with Crippen molar-refractivity contribution in [2.24, 2.45) is 7.05 Å². The molecule has 27 heavy (non-hydrogen) atoms. The van der Waals surface area contributed by atoms with Crippen LogP contribution in [0, 0.1) is 0 Å². The molecule has 3 aromatic rings. The smallest absolute Gasteiger partial charge is 0.329 e. The van der Waals surface area contributed by atoms with Crippen molar-refractivity contribution >= 4 is 34.4 Å². The first-order chi connectivity index (χ1) is 12.9. The summed E-state index contributed by atoms with van der Waals surface area (Å²) in [6.45, 7) is 0.0292. The van der Waals surface area contributed by atoms with Crippen LogP contribution in [0.25, 0.3) is 16.9 Å².